The lowest BCUT2D eigenvalue weighted by atomic mass is 10.1. The van der Waals surface area contributed by atoms with Crippen LogP contribution in [0.5, 0.6) is 23.0 Å². The van der Waals surface area contributed by atoms with E-state index in [2.05, 4.69) is 16.0 Å². The Balaban J connectivity index is 0.968. The van der Waals surface area contributed by atoms with Crippen LogP contribution in [0.3, 0.4) is 0 Å². The van der Waals surface area contributed by atoms with Gasteiger partial charge in [0.15, 0.2) is 34.6 Å². The number of benzene rings is 6. The van der Waals surface area contributed by atoms with Crippen LogP contribution in [0.4, 0.5) is 8.78 Å². The van der Waals surface area contributed by atoms with E-state index in [0.29, 0.717) is 19.5 Å². The summed E-state index contributed by atoms with van der Waals surface area (Å²) in [6, 6.07) is 43.4. The van der Waals surface area contributed by atoms with E-state index in [1.807, 2.05) is 121 Å². The van der Waals surface area contributed by atoms with Crippen LogP contribution < -0.4 is 34.9 Å². The first-order chi connectivity index (χ1) is 28.5. The van der Waals surface area contributed by atoms with E-state index < -0.39 is 23.4 Å². The molecule has 0 saturated carbocycles. The number of nitrogens with one attached hydrogen (secondary N) is 3. The molecule has 6 aromatic rings. The first-order valence-corrected chi connectivity index (χ1v) is 19.0. The zero-order chi connectivity index (χ0) is 40.4. The van der Waals surface area contributed by atoms with Crippen LogP contribution in [0.25, 0.3) is 0 Å². The number of amides is 2. The van der Waals surface area contributed by atoms with Crippen LogP contribution in [0, 0.1) is 11.6 Å². The van der Waals surface area contributed by atoms with E-state index >= 15 is 8.78 Å². The van der Waals surface area contributed by atoms with Gasteiger partial charge in [-0.05, 0) is 59.5 Å². The fraction of sp³-hybridized carbons (Fsp3) is 0.191. The van der Waals surface area contributed by atoms with Crippen molar-refractivity contribution >= 4 is 11.8 Å². The van der Waals surface area contributed by atoms with Crippen molar-refractivity contribution in [3.8, 4) is 23.0 Å². The minimum Gasteiger partial charge on any atom is -0.485 e. The number of hydrogen-bond donors (Lipinski definition) is 3. The van der Waals surface area contributed by atoms with Crippen molar-refractivity contribution in [3.63, 3.8) is 0 Å². The molecule has 298 valence electrons. The highest BCUT2D eigenvalue weighted by atomic mass is 19.1. The number of carbonyl (C=O) groups excluding carboxylic acids is 2. The molecule has 0 heterocycles. The second-order valence-electron chi connectivity index (χ2n) is 13.2. The van der Waals surface area contributed by atoms with E-state index in [9.17, 15) is 9.59 Å². The largest absolute Gasteiger partial charge is 0.485 e. The Morgan fingerprint density at radius 2 is 0.776 bits per heavy atom. The van der Waals surface area contributed by atoms with Crippen molar-refractivity contribution < 1.29 is 37.3 Å². The molecule has 2 amide bonds. The maximum atomic E-state index is 15.8. The third-order valence-electron chi connectivity index (χ3n) is 8.94. The first-order valence-electron chi connectivity index (χ1n) is 19.0. The van der Waals surface area contributed by atoms with E-state index in [1.54, 1.807) is 0 Å². The second-order valence-corrected chi connectivity index (χ2v) is 13.2. The molecular formula is C47H45F2N3O6. The quantitative estimate of drug-likeness (QED) is 0.0630. The maximum absolute atomic E-state index is 15.8. The zero-order valence-corrected chi connectivity index (χ0v) is 31.9. The predicted octanol–water partition coefficient (Wildman–Crippen LogP) is 8.42. The Morgan fingerprint density at radius 3 is 1.17 bits per heavy atom. The molecule has 58 heavy (non-hydrogen) atoms. The van der Waals surface area contributed by atoms with Crippen LogP contribution in [-0.4, -0.2) is 38.0 Å². The van der Waals surface area contributed by atoms with Gasteiger partial charge in [0.05, 0.1) is 11.1 Å². The van der Waals surface area contributed by atoms with Gasteiger partial charge >= 0.3 is 0 Å². The highest BCUT2D eigenvalue weighted by Crippen LogP contribution is 2.35. The average Bonchev–Trinajstić information content (AvgIpc) is 3.26. The third kappa shape index (κ3) is 11.9. The molecule has 6 rings (SSSR count). The molecule has 11 heteroatoms. The molecule has 0 atom stereocenters. The lowest BCUT2D eigenvalue weighted by molar-refractivity contribution is 0.0938. The van der Waals surface area contributed by atoms with Crippen LogP contribution in [0.15, 0.2) is 146 Å². The van der Waals surface area contributed by atoms with Gasteiger partial charge in [0.25, 0.3) is 11.8 Å². The van der Waals surface area contributed by atoms with Gasteiger partial charge in [0, 0.05) is 19.6 Å². The summed E-state index contributed by atoms with van der Waals surface area (Å²) >= 11 is 0. The molecule has 0 aliphatic heterocycles. The van der Waals surface area contributed by atoms with Gasteiger partial charge in [-0.2, -0.15) is 0 Å². The summed E-state index contributed by atoms with van der Waals surface area (Å²) in [6.45, 7) is 1.93. The minimum absolute atomic E-state index is 0.0878. The van der Waals surface area contributed by atoms with Gasteiger partial charge in [0.1, 0.15) is 26.4 Å². The van der Waals surface area contributed by atoms with E-state index in [0.717, 1.165) is 22.3 Å². The standard InChI is InChI=1S/C47H45F2N3O6/c48-42-38(22-24-40(55-30-34-14-5-1-6-15-34)44(42)57-32-36-18-9-3-10-19-36)46(53)51-27-13-26-50-28-29-52-47(54)39-23-25-41(56-31-35-16-7-2-8-17-35)45(43(39)49)58-33-37-20-11-4-12-21-37/h1-12,14-25,50H,13,26-33H2,(H,51,53)(H,52,54). The van der Waals surface area contributed by atoms with Gasteiger partial charge in [-0.25, -0.2) is 8.78 Å². The Hall–Kier alpha value is -6.72. The SMILES string of the molecule is O=C(NCCCNCCNC(=O)c1ccc(OCc2ccccc2)c(OCc2ccccc2)c1F)c1ccc(OCc2ccccc2)c(OCc2ccccc2)c1F. The molecule has 6 aromatic carbocycles. The molecule has 0 unspecified atom stereocenters. The smallest absolute Gasteiger partial charge is 0.254 e. The Bertz CT molecular complexity index is 2050. The Kier molecular flexibility index (Phi) is 15.2. The zero-order valence-electron chi connectivity index (χ0n) is 31.9. The number of ether oxygens (including phenoxy) is 4. The van der Waals surface area contributed by atoms with Crippen molar-refractivity contribution in [1.29, 1.82) is 0 Å². The summed E-state index contributed by atoms with van der Waals surface area (Å²) in [5, 5.41) is 8.67. The van der Waals surface area contributed by atoms with Crippen molar-refractivity contribution in [2.75, 3.05) is 26.2 Å². The molecule has 9 nitrogen and oxygen atoms in total. The summed E-state index contributed by atoms with van der Waals surface area (Å²) in [6.07, 6.45) is 0.526. The Labute approximate surface area is 336 Å². The fourth-order valence-electron chi connectivity index (χ4n) is 5.85. The monoisotopic (exact) mass is 785 g/mol. The summed E-state index contributed by atoms with van der Waals surface area (Å²) in [5.74, 6) is -2.72. The van der Waals surface area contributed by atoms with Crippen LogP contribution in [0.1, 0.15) is 49.4 Å². The summed E-state index contributed by atoms with van der Waals surface area (Å²) < 4.78 is 55.3. The fourth-order valence-corrected chi connectivity index (χ4v) is 5.85. The van der Waals surface area contributed by atoms with Crippen molar-refractivity contribution in [2.45, 2.75) is 32.8 Å². The lowest BCUT2D eigenvalue weighted by Crippen LogP contribution is -2.34. The number of hydrogen-bond acceptors (Lipinski definition) is 7. The highest BCUT2D eigenvalue weighted by Gasteiger charge is 2.23. The van der Waals surface area contributed by atoms with Gasteiger partial charge in [-0.1, -0.05) is 121 Å². The number of rotatable bonds is 21. The summed E-state index contributed by atoms with van der Waals surface area (Å²) in [4.78, 5) is 26.1. The van der Waals surface area contributed by atoms with Crippen molar-refractivity contribution in [1.82, 2.24) is 16.0 Å². The molecule has 0 fully saturated rings. The topological polar surface area (TPSA) is 107 Å². The van der Waals surface area contributed by atoms with Gasteiger partial charge in [0.2, 0.25) is 0 Å². The van der Waals surface area contributed by atoms with Crippen LogP contribution in [0.2, 0.25) is 0 Å². The highest BCUT2D eigenvalue weighted by molar-refractivity contribution is 5.95. The number of halogens is 2. The molecule has 3 N–H and O–H groups in total. The maximum Gasteiger partial charge on any atom is 0.254 e. The molecule has 0 spiro atoms. The number of carbonyl (C=O) groups is 2. The second kappa shape index (κ2) is 21.5. The normalized spacial score (nSPS) is 10.7. The van der Waals surface area contributed by atoms with Crippen molar-refractivity contribution in [2.24, 2.45) is 0 Å². The molecule has 0 saturated heterocycles. The predicted molar refractivity (Wildman–Crippen MR) is 218 cm³/mol. The lowest BCUT2D eigenvalue weighted by Gasteiger charge is -2.16. The first kappa shape index (κ1) is 40.9. The van der Waals surface area contributed by atoms with E-state index in [-0.39, 0.29) is 73.6 Å². The molecular weight excluding hydrogens is 741 g/mol. The summed E-state index contributed by atoms with van der Waals surface area (Å²) in [5.41, 5.74) is 3.13. The van der Waals surface area contributed by atoms with E-state index in [1.165, 1.54) is 24.3 Å². The van der Waals surface area contributed by atoms with Gasteiger partial charge < -0.3 is 34.9 Å². The third-order valence-corrected chi connectivity index (χ3v) is 8.94. The molecule has 0 aromatic heterocycles. The van der Waals surface area contributed by atoms with Gasteiger partial charge in [-0.3, -0.25) is 9.59 Å². The van der Waals surface area contributed by atoms with Gasteiger partial charge in [-0.15, -0.1) is 0 Å². The van der Waals surface area contributed by atoms with Crippen molar-refractivity contribution in [3.05, 3.63) is 191 Å². The van der Waals surface area contributed by atoms with Crippen LogP contribution >= 0.6 is 0 Å². The molecule has 0 bridgehead atoms. The summed E-state index contributed by atoms with van der Waals surface area (Å²) in [7, 11) is 0. The average molecular weight is 786 g/mol. The molecule has 0 aliphatic carbocycles. The minimum atomic E-state index is -0.816. The molecule has 0 aliphatic rings. The van der Waals surface area contributed by atoms with Crippen LogP contribution in [-0.2, 0) is 26.4 Å². The molecule has 0 radical (unpaired) electrons. The Morgan fingerprint density at radius 1 is 0.414 bits per heavy atom. The van der Waals surface area contributed by atoms with E-state index in [4.69, 9.17) is 18.9 Å².